The molecule has 0 aliphatic carbocycles. The van der Waals surface area contributed by atoms with Crippen LogP contribution >= 0.6 is 23.2 Å². The molecule has 0 spiro atoms. The molecule has 0 radical (unpaired) electrons. The van der Waals surface area contributed by atoms with E-state index in [4.69, 9.17) is 28.4 Å². The lowest BCUT2D eigenvalue weighted by Crippen LogP contribution is -2.05. The molecule has 0 bridgehead atoms. The highest BCUT2D eigenvalue weighted by atomic mass is 35.5. The summed E-state index contributed by atoms with van der Waals surface area (Å²) in [4.78, 5) is 0. The van der Waals surface area contributed by atoms with E-state index in [-0.39, 0.29) is 0 Å². The van der Waals surface area contributed by atoms with Gasteiger partial charge in [-0.15, -0.1) is 0 Å². The minimum Gasteiger partial charge on any atom is -0.411 e. The first-order valence-corrected chi connectivity index (χ1v) is 6.16. The SMILES string of the molecule is O/N=C(\Cc1ccccc1)c1ccc(Cl)c(Cl)c1. The molecule has 0 saturated heterocycles. The van der Waals surface area contributed by atoms with Crippen LogP contribution in [0.15, 0.2) is 53.7 Å². The number of benzene rings is 2. The molecule has 4 heteroatoms. The Labute approximate surface area is 115 Å². The molecule has 1 N–H and O–H groups in total. The maximum Gasteiger partial charge on any atom is 0.0912 e. The van der Waals surface area contributed by atoms with Crippen LogP contribution in [0, 0.1) is 0 Å². The zero-order valence-electron chi connectivity index (χ0n) is 9.48. The van der Waals surface area contributed by atoms with Crippen molar-refractivity contribution in [1.82, 2.24) is 0 Å². The van der Waals surface area contributed by atoms with Crippen molar-refractivity contribution < 1.29 is 5.21 Å². The van der Waals surface area contributed by atoms with E-state index in [0.717, 1.165) is 11.1 Å². The Morgan fingerprint density at radius 2 is 1.72 bits per heavy atom. The van der Waals surface area contributed by atoms with Gasteiger partial charge in [0.2, 0.25) is 0 Å². The summed E-state index contributed by atoms with van der Waals surface area (Å²) < 4.78 is 0. The van der Waals surface area contributed by atoms with E-state index in [1.54, 1.807) is 18.2 Å². The number of oxime groups is 1. The molecule has 0 fully saturated rings. The van der Waals surface area contributed by atoms with Gasteiger partial charge in [-0.05, 0) is 17.7 Å². The third-order valence-corrected chi connectivity index (χ3v) is 3.33. The second kappa shape index (κ2) is 5.89. The zero-order valence-corrected chi connectivity index (χ0v) is 11.0. The van der Waals surface area contributed by atoms with E-state index in [9.17, 15) is 0 Å². The standard InChI is InChI=1S/C14H11Cl2NO/c15-12-7-6-11(9-13(12)16)14(17-18)8-10-4-2-1-3-5-10/h1-7,9,18H,8H2/b17-14+. The van der Waals surface area contributed by atoms with E-state index in [0.29, 0.717) is 22.2 Å². The van der Waals surface area contributed by atoms with Gasteiger partial charge < -0.3 is 5.21 Å². The Balaban J connectivity index is 2.27. The Morgan fingerprint density at radius 1 is 1.00 bits per heavy atom. The molecule has 18 heavy (non-hydrogen) atoms. The summed E-state index contributed by atoms with van der Waals surface area (Å²) in [7, 11) is 0. The number of hydrogen-bond donors (Lipinski definition) is 1. The van der Waals surface area contributed by atoms with Crippen LogP contribution in [0.25, 0.3) is 0 Å². The molecule has 2 rings (SSSR count). The quantitative estimate of drug-likeness (QED) is 0.504. The third-order valence-electron chi connectivity index (χ3n) is 2.59. The van der Waals surface area contributed by atoms with Crippen LogP contribution in [0.4, 0.5) is 0 Å². The van der Waals surface area contributed by atoms with Crippen molar-refractivity contribution in [2.45, 2.75) is 6.42 Å². The van der Waals surface area contributed by atoms with Crippen molar-refractivity contribution in [3.05, 3.63) is 69.7 Å². The molecule has 92 valence electrons. The van der Waals surface area contributed by atoms with Gasteiger partial charge in [0.15, 0.2) is 0 Å². The summed E-state index contributed by atoms with van der Waals surface area (Å²) in [5.74, 6) is 0. The van der Waals surface area contributed by atoms with Gasteiger partial charge in [0.1, 0.15) is 0 Å². The Bertz CT molecular complexity index is 567. The van der Waals surface area contributed by atoms with Gasteiger partial charge in [-0.25, -0.2) is 0 Å². The second-order valence-electron chi connectivity index (χ2n) is 3.84. The molecule has 0 atom stereocenters. The van der Waals surface area contributed by atoms with E-state index < -0.39 is 0 Å². The topological polar surface area (TPSA) is 32.6 Å². The average molecular weight is 280 g/mol. The summed E-state index contributed by atoms with van der Waals surface area (Å²) in [6.07, 6.45) is 0.537. The lowest BCUT2D eigenvalue weighted by molar-refractivity contribution is 0.318. The fraction of sp³-hybridized carbons (Fsp3) is 0.0714. The fourth-order valence-corrected chi connectivity index (χ4v) is 1.96. The highest BCUT2D eigenvalue weighted by molar-refractivity contribution is 6.42. The summed E-state index contributed by atoms with van der Waals surface area (Å²) in [6, 6.07) is 15.0. The summed E-state index contributed by atoms with van der Waals surface area (Å²) in [5, 5.41) is 13.4. The Hall–Kier alpha value is -1.51. The van der Waals surface area contributed by atoms with E-state index in [2.05, 4.69) is 5.16 Å². The van der Waals surface area contributed by atoms with Gasteiger partial charge in [0.25, 0.3) is 0 Å². The van der Waals surface area contributed by atoms with Crippen molar-refractivity contribution in [2.24, 2.45) is 5.16 Å². The first-order valence-electron chi connectivity index (χ1n) is 5.41. The van der Waals surface area contributed by atoms with Crippen LogP contribution in [-0.2, 0) is 6.42 Å². The van der Waals surface area contributed by atoms with Crippen LogP contribution in [-0.4, -0.2) is 10.9 Å². The van der Waals surface area contributed by atoms with Gasteiger partial charge in [-0.1, -0.05) is 64.8 Å². The molecular formula is C14H11Cl2NO. The normalized spacial score (nSPS) is 11.6. The number of nitrogens with zero attached hydrogens (tertiary/aromatic N) is 1. The molecule has 0 aliphatic heterocycles. The second-order valence-corrected chi connectivity index (χ2v) is 4.65. The minimum atomic E-state index is 0.448. The summed E-state index contributed by atoms with van der Waals surface area (Å²) in [6.45, 7) is 0. The molecule has 0 aliphatic rings. The molecule has 0 amide bonds. The van der Waals surface area contributed by atoms with Crippen molar-refractivity contribution in [1.29, 1.82) is 0 Å². The Kier molecular flexibility index (Phi) is 4.24. The summed E-state index contributed by atoms with van der Waals surface area (Å²) in [5.41, 5.74) is 2.38. The molecule has 0 heterocycles. The minimum absolute atomic E-state index is 0.448. The molecule has 0 aromatic heterocycles. The van der Waals surface area contributed by atoms with Crippen LogP contribution in [0.3, 0.4) is 0 Å². The molecule has 0 unspecified atom stereocenters. The van der Waals surface area contributed by atoms with Crippen molar-refractivity contribution in [3.8, 4) is 0 Å². The maximum absolute atomic E-state index is 9.11. The Morgan fingerprint density at radius 3 is 2.33 bits per heavy atom. The number of hydrogen-bond acceptors (Lipinski definition) is 2. The molecular weight excluding hydrogens is 269 g/mol. The van der Waals surface area contributed by atoms with Gasteiger partial charge in [-0.2, -0.15) is 0 Å². The smallest absolute Gasteiger partial charge is 0.0912 e. The first-order chi connectivity index (χ1) is 8.70. The van der Waals surface area contributed by atoms with Gasteiger partial charge >= 0.3 is 0 Å². The summed E-state index contributed by atoms with van der Waals surface area (Å²) >= 11 is 11.8. The van der Waals surface area contributed by atoms with Crippen LogP contribution in [0.1, 0.15) is 11.1 Å². The molecule has 2 aromatic carbocycles. The predicted molar refractivity (Wildman–Crippen MR) is 74.9 cm³/mol. The van der Waals surface area contributed by atoms with Crippen molar-refractivity contribution >= 4 is 28.9 Å². The monoisotopic (exact) mass is 279 g/mol. The highest BCUT2D eigenvalue weighted by Gasteiger charge is 2.08. The lowest BCUT2D eigenvalue weighted by Gasteiger charge is -2.06. The molecule has 2 aromatic rings. The van der Waals surface area contributed by atoms with E-state index in [1.807, 2.05) is 30.3 Å². The molecule has 2 nitrogen and oxygen atoms in total. The van der Waals surface area contributed by atoms with Gasteiger partial charge in [0.05, 0.1) is 15.8 Å². The van der Waals surface area contributed by atoms with E-state index in [1.165, 1.54) is 0 Å². The lowest BCUT2D eigenvalue weighted by atomic mass is 10.0. The van der Waals surface area contributed by atoms with Crippen molar-refractivity contribution in [3.63, 3.8) is 0 Å². The highest BCUT2D eigenvalue weighted by Crippen LogP contribution is 2.23. The van der Waals surface area contributed by atoms with Gasteiger partial charge in [-0.3, -0.25) is 0 Å². The first kappa shape index (κ1) is 12.9. The largest absolute Gasteiger partial charge is 0.411 e. The van der Waals surface area contributed by atoms with E-state index >= 15 is 0 Å². The number of halogens is 2. The predicted octanol–water partition coefficient (Wildman–Crippen LogP) is 4.41. The van der Waals surface area contributed by atoms with Crippen molar-refractivity contribution in [2.75, 3.05) is 0 Å². The third kappa shape index (κ3) is 3.03. The van der Waals surface area contributed by atoms with Gasteiger partial charge in [0, 0.05) is 12.0 Å². The average Bonchev–Trinajstić information content (AvgIpc) is 2.40. The van der Waals surface area contributed by atoms with Crippen LogP contribution in [0.2, 0.25) is 10.0 Å². The fourth-order valence-electron chi connectivity index (χ4n) is 1.66. The zero-order chi connectivity index (χ0) is 13.0. The van der Waals surface area contributed by atoms with Crippen LogP contribution in [0.5, 0.6) is 0 Å². The van der Waals surface area contributed by atoms with Crippen LogP contribution < -0.4 is 0 Å². The number of rotatable bonds is 3. The maximum atomic E-state index is 9.11. The molecule has 0 saturated carbocycles.